The number of aliphatic hydroxyl groups excluding tert-OH is 1. The van der Waals surface area contributed by atoms with Gasteiger partial charge >= 0.3 is 11.9 Å². The molecule has 1 aliphatic carbocycles. The third kappa shape index (κ3) is 3.62. The van der Waals surface area contributed by atoms with E-state index in [4.69, 9.17) is 14.7 Å². The van der Waals surface area contributed by atoms with Crippen LogP contribution in [-0.4, -0.2) is 31.3 Å². The third-order valence-electron chi connectivity index (χ3n) is 5.98. The summed E-state index contributed by atoms with van der Waals surface area (Å²) >= 11 is 0. The van der Waals surface area contributed by atoms with Gasteiger partial charge in [-0.25, -0.2) is 9.18 Å². The fraction of sp³-hybridized carbons (Fsp3) is 0.240. The number of rotatable bonds is 4. The summed E-state index contributed by atoms with van der Waals surface area (Å²) in [6.45, 7) is 0. The van der Waals surface area contributed by atoms with Gasteiger partial charge in [0.25, 0.3) is 0 Å². The minimum absolute atomic E-state index is 0.185. The third-order valence-corrected chi connectivity index (χ3v) is 5.98. The molecule has 8 nitrogen and oxygen atoms in total. The van der Waals surface area contributed by atoms with Gasteiger partial charge in [-0.05, 0) is 29.3 Å². The van der Waals surface area contributed by atoms with Gasteiger partial charge in [0.2, 0.25) is 0 Å². The summed E-state index contributed by atoms with van der Waals surface area (Å²) < 4.78 is 24.6. The van der Waals surface area contributed by atoms with Gasteiger partial charge in [-0.3, -0.25) is 4.79 Å². The fourth-order valence-electron chi connectivity index (χ4n) is 4.48. The first-order valence-corrected chi connectivity index (χ1v) is 9.97. The molecule has 0 unspecified atom stereocenters. The van der Waals surface area contributed by atoms with Crippen molar-refractivity contribution < 1.29 is 28.6 Å². The minimum atomic E-state index is -2.26. The summed E-state index contributed by atoms with van der Waals surface area (Å²) in [4.78, 5) is 25.7. The average Bonchev–Trinajstić information content (AvgIpc) is 2.87. The van der Waals surface area contributed by atoms with Gasteiger partial charge in [0.15, 0.2) is 5.41 Å². The SMILES string of the molecule is COC(=O)C1=C(O)[C@@H](C(=O)OC)[C@@H](c2ccccc2F)C(C#N)(C#N)[C@@H]1c1ccc(C#N)cc1. The van der Waals surface area contributed by atoms with E-state index in [-0.39, 0.29) is 16.7 Å². The number of hydrogen-bond acceptors (Lipinski definition) is 8. The summed E-state index contributed by atoms with van der Waals surface area (Å²) in [5.74, 6) is -8.50. The summed E-state index contributed by atoms with van der Waals surface area (Å²) in [6, 6.07) is 16.6. The zero-order valence-corrected chi connectivity index (χ0v) is 18.2. The number of carbonyl (C=O) groups excluding carboxylic acids is 2. The quantitative estimate of drug-likeness (QED) is 0.685. The van der Waals surface area contributed by atoms with E-state index in [1.165, 1.54) is 42.5 Å². The van der Waals surface area contributed by atoms with Crippen molar-refractivity contribution in [1.29, 1.82) is 15.8 Å². The molecule has 170 valence electrons. The molecular weight excluding hydrogens is 441 g/mol. The largest absolute Gasteiger partial charge is 0.511 e. The Morgan fingerprint density at radius 2 is 1.62 bits per heavy atom. The number of halogens is 1. The van der Waals surface area contributed by atoms with Gasteiger partial charge in [-0.2, -0.15) is 15.8 Å². The van der Waals surface area contributed by atoms with Crippen LogP contribution in [0.3, 0.4) is 0 Å². The van der Waals surface area contributed by atoms with Gasteiger partial charge in [-0.15, -0.1) is 0 Å². The molecule has 0 aromatic heterocycles. The standard InChI is InChI=1S/C25H18FN3O5/c1-33-23(31)18-20(15-9-7-14(11-27)8-10-15)25(12-28,13-29)21(16-5-3-4-6-17(16)26)19(22(18)30)24(32)34-2/h3-10,19-21,30H,1-2H3/t19-,20+,21+/m0/s1. The van der Waals surface area contributed by atoms with Crippen molar-refractivity contribution in [2.45, 2.75) is 11.8 Å². The highest BCUT2D eigenvalue weighted by Gasteiger charge is 2.62. The lowest BCUT2D eigenvalue weighted by molar-refractivity contribution is -0.147. The molecule has 1 N–H and O–H groups in total. The van der Waals surface area contributed by atoms with Gasteiger partial charge in [0, 0.05) is 5.92 Å². The molecule has 2 aromatic rings. The molecular formula is C25H18FN3O5. The Labute approximate surface area is 194 Å². The number of nitrogens with zero attached hydrogens (tertiary/aromatic N) is 3. The molecule has 0 fully saturated rings. The van der Waals surface area contributed by atoms with Crippen LogP contribution in [0.2, 0.25) is 0 Å². The summed E-state index contributed by atoms with van der Waals surface area (Å²) in [5.41, 5.74) is -2.47. The van der Waals surface area contributed by atoms with E-state index >= 15 is 4.39 Å². The number of carbonyl (C=O) groups is 2. The molecule has 3 atom stereocenters. The maximum atomic E-state index is 15.0. The number of aliphatic hydroxyl groups is 1. The number of esters is 2. The van der Waals surface area contributed by atoms with Crippen LogP contribution in [0.5, 0.6) is 0 Å². The number of methoxy groups -OCH3 is 2. The molecule has 0 bridgehead atoms. The summed E-state index contributed by atoms with van der Waals surface area (Å²) in [6.07, 6.45) is 0. The second-order valence-corrected chi connectivity index (χ2v) is 7.55. The van der Waals surface area contributed by atoms with Crippen LogP contribution in [0.15, 0.2) is 59.9 Å². The van der Waals surface area contributed by atoms with E-state index < -0.39 is 52.3 Å². The highest BCUT2D eigenvalue weighted by Crippen LogP contribution is 2.59. The van der Waals surface area contributed by atoms with Crippen molar-refractivity contribution in [2.75, 3.05) is 14.2 Å². The first-order valence-electron chi connectivity index (χ1n) is 9.97. The van der Waals surface area contributed by atoms with Crippen molar-refractivity contribution in [3.8, 4) is 18.2 Å². The Kier molecular flexibility index (Phi) is 6.66. The second-order valence-electron chi connectivity index (χ2n) is 7.55. The molecule has 0 amide bonds. The Morgan fingerprint density at radius 1 is 1.00 bits per heavy atom. The van der Waals surface area contributed by atoms with Gasteiger partial charge in [0.05, 0.1) is 49.5 Å². The van der Waals surface area contributed by atoms with E-state index in [1.807, 2.05) is 18.2 Å². The fourth-order valence-corrected chi connectivity index (χ4v) is 4.48. The predicted octanol–water partition coefficient (Wildman–Crippen LogP) is 3.39. The maximum absolute atomic E-state index is 15.0. The normalized spacial score (nSPS) is 20.9. The zero-order chi connectivity index (χ0) is 25.0. The Hall–Kier alpha value is -4.68. The van der Waals surface area contributed by atoms with Gasteiger partial charge in [0.1, 0.15) is 17.5 Å². The lowest BCUT2D eigenvalue weighted by atomic mass is 9.54. The van der Waals surface area contributed by atoms with E-state index in [1.54, 1.807) is 0 Å². The Balaban J connectivity index is 2.50. The summed E-state index contributed by atoms with van der Waals surface area (Å²) in [5, 5.41) is 41.1. The van der Waals surface area contributed by atoms with E-state index in [0.717, 1.165) is 20.3 Å². The smallest absolute Gasteiger partial charge is 0.337 e. The molecule has 3 rings (SSSR count). The first kappa shape index (κ1) is 24.0. The van der Waals surface area contributed by atoms with Crippen molar-refractivity contribution in [2.24, 2.45) is 11.3 Å². The Morgan fingerprint density at radius 3 is 2.12 bits per heavy atom. The molecule has 9 heteroatoms. The summed E-state index contributed by atoms with van der Waals surface area (Å²) in [7, 11) is 2.06. The predicted molar refractivity (Wildman–Crippen MR) is 114 cm³/mol. The maximum Gasteiger partial charge on any atom is 0.337 e. The van der Waals surface area contributed by atoms with Crippen molar-refractivity contribution in [1.82, 2.24) is 0 Å². The van der Waals surface area contributed by atoms with E-state index in [2.05, 4.69) is 0 Å². The molecule has 0 heterocycles. The minimum Gasteiger partial charge on any atom is -0.511 e. The highest BCUT2D eigenvalue weighted by atomic mass is 19.1. The molecule has 0 aliphatic heterocycles. The first-order chi connectivity index (χ1) is 16.3. The lowest BCUT2D eigenvalue weighted by Gasteiger charge is -2.44. The molecule has 0 spiro atoms. The lowest BCUT2D eigenvalue weighted by Crippen LogP contribution is -2.47. The van der Waals surface area contributed by atoms with E-state index in [0.29, 0.717) is 0 Å². The monoisotopic (exact) mass is 459 g/mol. The average molecular weight is 459 g/mol. The van der Waals surface area contributed by atoms with Crippen LogP contribution < -0.4 is 0 Å². The van der Waals surface area contributed by atoms with Crippen molar-refractivity contribution in [3.63, 3.8) is 0 Å². The molecule has 2 aromatic carbocycles. The number of benzene rings is 2. The second kappa shape index (κ2) is 9.44. The van der Waals surface area contributed by atoms with Gasteiger partial charge < -0.3 is 14.6 Å². The van der Waals surface area contributed by atoms with Gasteiger partial charge in [-0.1, -0.05) is 30.3 Å². The number of hydrogen-bond donors (Lipinski definition) is 1. The molecule has 1 aliphatic rings. The van der Waals surface area contributed by atoms with E-state index in [9.17, 15) is 25.2 Å². The van der Waals surface area contributed by atoms with Crippen LogP contribution in [0.25, 0.3) is 0 Å². The zero-order valence-electron chi connectivity index (χ0n) is 18.2. The number of ether oxygens (including phenoxy) is 2. The molecule has 0 saturated heterocycles. The van der Waals surface area contributed by atoms with Crippen LogP contribution in [0.4, 0.5) is 4.39 Å². The van der Waals surface area contributed by atoms with Crippen LogP contribution >= 0.6 is 0 Å². The Bertz CT molecular complexity index is 1280. The molecule has 0 radical (unpaired) electrons. The highest BCUT2D eigenvalue weighted by molar-refractivity contribution is 5.94. The topological polar surface area (TPSA) is 144 Å². The van der Waals surface area contributed by atoms with Crippen molar-refractivity contribution in [3.05, 3.63) is 82.4 Å². The molecule has 34 heavy (non-hydrogen) atoms. The van der Waals surface area contributed by atoms with Crippen LogP contribution in [0, 0.1) is 51.1 Å². The van der Waals surface area contributed by atoms with Crippen molar-refractivity contribution >= 4 is 11.9 Å². The molecule has 0 saturated carbocycles. The number of nitriles is 3. The van der Waals surface area contributed by atoms with Crippen LogP contribution in [0.1, 0.15) is 28.5 Å². The van der Waals surface area contributed by atoms with Crippen LogP contribution in [-0.2, 0) is 19.1 Å².